The number of rotatable bonds is 4. The first-order valence-electron chi connectivity index (χ1n) is 8.37. The second-order valence-electron chi connectivity index (χ2n) is 6.20. The Morgan fingerprint density at radius 2 is 1.84 bits per heavy atom. The molecule has 1 fully saturated rings. The molecule has 1 amide bonds. The molecule has 25 heavy (non-hydrogen) atoms. The van der Waals surface area contributed by atoms with Gasteiger partial charge in [0.05, 0.1) is 6.20 Å². The molecule has 2 aromatic rings. The molecule has 3 rings (SSSR count). The lowest BCUT2D eigenvalue weighted by Gasteiger charge is -2.31. The number of halogens is 2. The van der Waals surface area contributed by atoms with E-state index in [2.05, 4.69) is 15.2 Å². The normalized spacial score (nSPS) is 16.5. The summed E-state index contributed by atoms with van der Waals surface area (Å²) >= 11 is 0. The fraction of sp³-hybridized carbons (Fsp3) is 0.333. The van der Waals surface area contributed by atoms with Gasteiger partial charge in [-0.1, -0.05) is 12.1 Å². The molecule has 0 bridgehead atoms. The zero-order valence-corrected chi connectivity index (χ0v) is 14.1. The molecule has 0 saturated carbocycles. The standard InChI is InChI=1S/C18H20F2N4O/c1-13(18(25)22-17-14(19)5-4-6-15(17)20)23-9-11-24(12-10-23)16-7-2-3-8-21-16/h2-8,13H,9-12H2,1H3,(H,22,25)/p+2/t13-/m0/s1. The maximum atomic E-state index is 13.7. The summed E-state index contributed by atoms with van der Waals surface area (Å²) in [4.78, 5) is 18.9. The van der Waals surface area contributed by atoms with Gasteiger partial charge in [0.1, 0.15) is 43.5 Å². The van der Waals surface area contributed by atoms with Crippen molar-refractivity contribution in [2.45, 2.75) is 13.0 Å². The first-order valence-corrected chi connectivity index (χ1v) is 8.37. The van der Waals surface area contributed by atoms with Gasteiger partial charge < -0.3 is 10.2 Å². The Hall–Kier alpha value is -2.54. The minimum atomic E-state index is -0.764. The molecule has 0 unspecified atom stereocenters. The summed E-state index contributed by atoms with van der Waals surface area (Å²) in [6.07, 6.45) is 1.88. The topological polar surface area (TPSA) is 50.9 Å². The van der Waals surface area contributed by atoms with Crippen LogP contribution in [0.3, 0.4) is 0 Å². The van der Waals surface area contributed by atoms with E-state index in [0.29, 0.717) is 0 Å². The number of nitrogens with zero attached hydrogens (tertiary/aromatic N) is 1. The molecular formula is C18H22F2N4O+2. The van der Waals surface area contributed by atoms with Gasteiger partial charge in [0.15, 0.2) is 6.04 Å². The van der Waals surface area contributed by atoms with Crippen molar-refractivity contribution in [3.8, 4) is 0 Å². The van der Waals surface area contributed by atoms with E-state index in [1.54, 1.807) is 6.92 Å². The van der Waals surface area contributed by atoms with Crippen molar-refractivity contribution in [3.05, 3.63) is 54.2 Å². The molecule has 3 N–H and O–H groups in total. The molecule has 7 heteroatoms. The van der Waals surface area contributed by atoms with E-state index in [4.69, 9.17) is 0 Å². The van der Waals surface area contributed by atoms with Crippen molar-refractivity contribution in [1.29, 1.82) is 0 Å². The van der Waals surface area contributed by atoms with Crippen LogP contribution in [0.4, 0.5) is 20.3 Å². The van der Waals surface area contributed by atoms with Crippen molar-refractivity contribution in [3.63, 3.8) is 0 Å². The SMILES string of the molecule is C[C@@H](C(=O)Nc1c(F)cccc1F)[NH+]1CCN(c2cccc[nH+]2)CC1. The highest BCUT2D eigenvalue weighted by Gasteiger charge is 2.32. The summed E-state index contributed by atoms with van der Waals surface area (Å²) in [5.74, 6) is -0.856. The highest BCUT2D eigenvalue weighted by atomic mass is 19.1. The third-order valence-electron chi connectivity index (χ3n) is 4.66. The molecule has 2 heterocycles. The number of amides is 1. The Kier molecular flexibility index (Phi) is 5.23. The summed E-state index contributed by atoms with van der Waals surface area (Å²) in [6.45, 7) is 4.95. The number of aromatic nitrogens is 1. The van der Waals surface area contributed by atoms with Gasteiger partial charge in [-0.2, -0.15) is 0 Å². The highest BCUT2D eigenvalue weighted by molar-refractivity contribution is 5.93. The molecule has 1 saturated heterocycles. The van der Waals surface area contributed by atoms with Crippen LogP contribution in [-0.4, -0.2) is 38.1 Å². The van der Waals surface area contributed by atoms with E-state index < -0.39 is 11.6 Å². The van der Waals surface area contributed by atoms with Gasteiger partial charge in [-0.25, -0.2) is 13.8 Å². The summed E-state index contributed by atoms with van der Waals surface area (Å²) in [5.41, 5.74) is -0.378. The maximum Gasteiger partial charge on any atom is 0.282 e. The van der Waals surface area contributed by atoms with Crippen LogP contribution >= 0.6 is 0 Å². The van der Waals surface area contributed by atoms with Crippen molar-refractivity contribution in [2.24, 2.45) is 0 Å². The number of benzene rings is 1. The van der Waals surface area contributed by atoms with Gasteiger partial charge in [-0.3, -0.25) is 9.69 Å². The molecule has 132 valence electrons. The van der Waals surface area contributed by atoms with Crippen molar-refractivity contribution < 1.29 is 23.5 Å². The molecule has 1 aromatic carbocycles. The third kappa shape index (κ3) is 3.93. The van der Waals surface area contributed by atoms with E-state index in [-0.39, 0.29) is 17.6 Å². The average Bonchev–Trinajstić information content (AvgIpc) is 2.65. The van der Waals surface area contributed by atoms with E-state index >= 15 is 0 Å². The molecule has 1 aromatic heterocycles. The lowest BCUT2D eigenvalue weighted by atomic mass is 10.2. The summed E-state index contributed by atoms with van der Waals surface area (Å²) < 4.78 is 27.4. The second kappa shape index (κ2) is 7.57. The summed E-state index contributed by atoms with van der Waals surface area (Å²) in [6, 6.07) is 9.07. The molecule has 5 nitrogen and oxygen atoms in total. The first kappa shape index (κ1) is 17.3. The van der Waals surface area contributed by atoms with Crippen LogP contribution in [0.25, 0.3) is 0 Å². The zero-order valence-electron chi connectivity index (χ0n) is 14.1. The minimum Gasteiger partial charge on any atom is -0.318 e. The number of piperazine rings is 1. The molecule has 1 atom stereocenters. The summed E-state index contributed by atoms with van der Waals surface area (Å²) in [7, 11) is 0. The lowest BCUT2D eigenvalue weighted by Crippen LogP contribution is -3.19. The van der Waals surface area contributed by atoms with E-state index in [1.807, 2.05) is 24.4 Å². The Morgan fingerprint density at radius 1 is 1.16 bits per heavy atom. The van der Waals surface area contributed by atoms with E-state index in [1.165, 1.54) is 6.07 Å². The molecule has 1 aliphatic rings. The summed E-state index contributed by atoms with van der Waals surface area (Å²) in [5, 5.41) is 2.39. The van der Waals surface area contributed by atoms with Gasteiger partial charge >= 0.3 is 0 Å². The fourth-order valence-corrected chi connectivity index (χ4v) is 3.08. The van der Waals surface area contributed by atoms with Crippen LogP contribution in [0, 0.1) is 11.6 Å². The maximum absolute atomic E-state index is 13.7. The van der Waals surface area contributed by atoms with Crippen molar-refractivity contribution in [1.82, 2.24) is 0 Å². The van der Waals surface area contributed by atoms with Gasteiger partial charge in [-0.15, -0.1) is 0 Å². The number of aromatic amines is 1. The van der Waals surface area contributed by atoms with E-state index in [9.17, 15) is 13.6 Å². The largest absolute Gasteiger partial charge is 0.318 e. The van der Waals surface area contributed by atoms with Gasteiger partial charge in [-0.05, 0) is 25.1 Å². The van der Waals surface area contributed by atoms with Crippen molar-refractivity contribution >= 4 is 17.4 Å². The number of nitrogens with one attached hydrogen (secondary N) is 3. The molecule has 0 spiro atoms. The second-order valence-corrected chi connectivity index (χ2v) is 6.20. The molecular weight excluding hydrogens is 326 g/mol. The average molecular weight is 348 g/mol. The number of pyridine rings is 1. The van der Waals surface area contributed by atoms with Gasteiger partial charge in [0.2, 0.25) is 0 Å². The monoisotopic (exact) mass is 348 g/mol. The molecule has 0 radical (unpaired) electrons. The Labute approximate surface area is 145 Å². The Bertz CT molecular complexity index is 713. The quantitative estimate of drug-likeness (QED) is 0.846. The third-order valence-corrected chi connectivity index (χ3v) is 4.66. The predicted molar refractivity (Wildman–Crippen MR) is 90.4 cm³/mol. The number of para-hydroxylation sites is 1. The van der Waals surface area contributed by atoms with Crippen LogP contribution in [0.15, 0.2) is 42.6 Å². The number of hydrogen-bond acceptors (Lipinski definition) is 2. The van der Waals surface area contributed by atoms with Crippen LogP contribution in [0.5, 0.6) is 0 Å². The van der Waals surface area contributed by atoms with Crippen LogP contribution in [0.2, 0.25) is 0 Å². The molecule has 0 aliphatic carbocycles. The number of anilines is 2. The van der Waals surface area contributed by atoms with Crippen LogP contribution in [0.1, 0.15) is 6.92 Å². The number of hydrogen-bond donors (Lipinski definition) is 2. The smallest absolute Gasteiger partial charge is 0.282 e. The Balaban J connectivity index is 1.59. The Morgan fingerprint density at radius 3 is 2.44 bits per heavy atom. The zero-order chi connectivity index (χ0) is 17.8. The fourth-order valence-electron chi connectivity index (χ4n) is 3.08. The van der Waals surface area contributed by atoms with E-state index in [0.717, 1.165) is 49.0 Å². The van der Waals surface area contributed by atoms with Gasteiger partial charge in [0.25, 0.3) is 11.7 Å². The van der Waals surface area contributed by atoms with Crippen LogP contribution < -0.4 is 20.1 Å². The highest BCUT2D eigenvalue weighted by Crippen LogP contribution is 2.17. The van der Waals surface area contributed by atoms with Gasteiger partial charge in [0, 0.05) is 6.07 Å². The predicted octanol–water partition coefficient (Wildman–Crippen LogP) is 0.511. The number of quaternary nitrogens is 1. The lowest BCUT2D eigenvalue weighted by molar-refractivity contribution is -0.914. The first-order chi connectivity index (χ1) is 12.1. The minimum absolute atomic E-state index is 0.376. The molecule has 1 aliphatic heterocycles. The van der Waals surface area contributed by atoms with Crippen LogP contribution in [-0.2, 0) is 4.79 Å². The number of carbonyl (C=O) groups is 1. The number of H-pyrrole nitrogens is 1. The van der Waals surface area contributed by atoms with Crippen molar-refractivity contribution in [2.75, 3.05) is 36.4 Å². The number of carbonyl (C=O) groups excluding carboxylic acids is 1.